The van der Waals surface area contributed by atoms with Crippen molar-refractivity contribution >= 4 is 23.6 Å². The molecular weight excluding hydrogens is 322 g/mol. The fourth-order valence-electron chi connectivity index (χ4n) is 3.36. The number of carbonyl (C=O) groups excluding carboxylic acids is 1. The van der Waals surface area contributed by atoms with Gasteiger partial charge in [0.05, 0.1) is 5.56 Å². The number of aliphatic carboxylic acids is 1. The molecule has 2 N–H and O–H groups in total. The molecule has 0 saturated heterocycles. The Bertz CT molecular complexity index is 596. The molecule has 1 amide bonds. The number of benzene rings is 1. The van der Waals surface area contributed by atoms with E-state index >= 15 is 0 Å². The van der Waals surface area contributed by atoms with Gasteiger partial charge in [0, 0.05) is 11.4 Å². The summed E-state index contributed by atoms with van der Waals surface area (Å²) in [5.41, 5.74) is 0.815. The normalized spacial score (nSPS) is 17.2. The molecule has 5 heteroatoms. The maximum atomic E-state index is 12.6. The SMILES string of the molecule is CC(C)CC1(CNC(=O)c2ccccc2SC(C)C(=O)O)CCC1. The highest BCUT2D eigenvalue weighted by Crippen LogP contribution is 2.45. The molecule has 0 radical (unpaired) electrons. The van der Waals surface area contributed by atoms with Gasteiger partial charge in [-0.15, -0.1) is 11.8 Å². The van der Waals surface area contributed by atoms with Gasteiger partial charge in [-0.1, -0.05) is 32.4 Å². The van der Waals surface area contributed by atoms with E-state index in [2.05, 4.69) is 19.2 Å². The van der Waals surface area contributed by atoms with Crippen LogP contribution in [0.4, 0.5) is 0 Å². The Morgan fingerprint density at radius 2 is 1.92 bits per heavy atom. The first-order valence-corrected chi connectivity index (χ1v) is 9.48. The lowest BCUT2D eigenvalue weighted by atomic mass is 9.64. The van der Waals surface area contributed by atoms with Crippen LogP contribution in [0, 0.1) is 11.3 Å². The first kappa shape index (κ1) is 18.8. The smallest absolute Gasteiger partial charge is 0.316 e. The second kappa shape index (κ2) is 8.06. The van der Waals surface area contributed by atoms with Crippen molar-refractivity contribution in [2.45, 2.75) is 56.6 Å². The van der Waals surface area contributed by atoms with Crippen molar-refractivity contribution in [3.63, 3.8) is 0 Å². The number of thioether (sulfide) groups is 1. The number of carbonyl (C=O) groups is 2. The molecule has 0 aliphatic heterocycles. The summed E-state index contributed by atoms with van der Waals surface area (Å²) in [5, 5.41) is 11.6. The highest BCUT2D eigenvalue weighted by molar-refractivity contribution is 8.00. The predicted molar refractivity (Wildman–Crippen MR) is 97.5 cm³/mol. The molecule has 24 heavy (non-hydrogen) atoms. The maximum absolute atomic E-state index is 12.6. The van der Waals surface area contributed by atoms with E-state index in [9.17, 15) is 9.59 Å². The zero-order valence-electron chi connectivity index (χ0n) is 14.7. The van der Waals surface area contributed by atoms with Crippen molar-refractivity contribution in [3.8, 4) is 0 Å². The fourth-order valence-corrected chi connectivity index (χ4v) is 4.28. The zero-order valence-corrected chi connectivity index (χ0v) is 15.5. The van der Waals surface area contributed by atoms with Crippen LogP contribution < -0.4 is 5.32 Å². The first-order chi connectivity index (χ1) is 11.3. The third-order valence-corrected chi connectivity index (χ3v) is 5.83. The number of carboxylic acid groups (broad SMARTS) is 1. The molecule has 0 heterocycles. The van der Waals surface area contributed by atoms with Crippen LogP contribution in [-0.2, 0) is 4.79 Å². The van der Waals surface area contributed by atoms with E-state index in [0.717, 1.165) is 11.3 Å². The molecule has 0 aromatic heterocycles. The van der Waals surface area contributed by atoms with Crippen LogP contribution in [0.1, 0.15) is 56.8 Å². The largest absolute Gasteiger partial charge is 0.480 e. The average molecular weight is 349 g/mol. The van der Waals surface area contributed by atoms with Crippen LogP contribution in [0.3, 0.4) is 0 Å². The standard InChI is InChI=1S/C19H27NO3S/c1-13(2)11-19(9-6-10-19)12-20-17(21)15-7-4-5-8-16(15)24-14(3)18(22)23/h4-5,7-8,13-14H,6,9-12H2,1-3H3,(H,20,21)(H,22,23). The molecule has 4 nitrogen and oxygen atoms in total. The van der Waals surface area contributed by atoms with Crippen molar-refractivity contribution in [2.75, 3.05) is 6.54 Å². The highest BCUT2D eigenvalue weighted by atomic mass is 32.2. The number of carboxylic acids is 1. The van der Waals surface area contributed by atoms with Gasteiger partial charge in [0.15, 0.2) is 0 Å². The van der Waals surface area contributed by atoms with Crippen LogP contribution in [0.25, 0.3) is 0 Å². The van der Waals surface area contributed by atoms with Gasteiger partial charge in [0.25, 0.3) is 5.91 Å². The second-order valence-corrected chi connectivity index (χ2v) is 8.61. The van der Waals surface area contributed by atoms with Crippen molar-refractivity contribution < 1.29 is 14.7 Å². The number of rotatable bonds is 8. The summed E-state index contributed by atoms with van der Waals surface area (Å²) in [6, 6.07) is 7.23. The number of hydrogen-bond acceptors (Lipinski definition) is 3. The minimum Gasteiger partial charge on any atom is -0.480 e. The van der Waals surface area contributed by atoms with Gasteiger partial charge in [0.2, 0.25) is 0 Å². The van der Waals surface area contributed by atoms with E-state index in [0.29, 0.717) is 18.0 Å². The van der Waals surface area contributed by atoms with Crippen molar-refractivity contribution in [2.24, 2.45) is 11.3 Å². The summed E-state index contributed by atoms with van der Waals surface area (Å²) in [5.74, 6) is -0.354. The molecule has 0 spiro atoms. The van der Waals surface area contributed by atoms with Gasteiger partial charge in [-0.3, -0.25) is 9.59 Å². The van der Waals surface area contributed by atoms with E-state index < -0.39 is 11.2 Å². The van der Waals surface area contributed by atoms with Gasteiger partial charge < -0.3 is 10.4 Å². The molecule has 1 atom stereocenters. The summed E-state index contributed by atoms with van der Waals surface area (Å²) < 4.78 is 0. The number of hydrogen-bond donors (Lipinski definition) is 2. The first-order valence-electron chi connectivity index (χ1n) is 8.60. The van der Waals surface area contributed by atoms with Gasteiger partial charge in [-0.05, 0) is 49.7 Å². The predicted octanol–water partition coefficient (Wildman–Crippen LogP) is 4.20. The van der Waals surface area contributed by atoms with E-state index in [1.54, 1.807) is 13.0 Å². The fraction of sp³-hybridized carbons (Fsp3) is 0.579. The molecule has 1 aromatic carbocycles. The quantitative estimate of drug-likeness (QED) is 0.690. The minimum atomic E-state index is -0.874. The number of amides is 1. The Hall–Kier alpha value is -1.49. The zero-order chi connectivity index (χ0) is 17.7. The summed E-state index contributed by atoms with van der Waals surface area (Å²) >= 11 is 1.21. The maximum Gasteiger partial charge on any atom is 0.316 e. The van der Waals surface area contributed by atoms with Crippen LogP contribution in [-0.4, -0.2) is 28.8 Å². The molecule has 1 unspecified atom stereocenters. The lowest BCUT2D eigenvalue weighted by molar-refractivity contribution is -0.136. The van der Waals surface area contributed by atoms with Crippen LogP contribution >= 0.6 is 11.8 Å². The Morgan fingerprint density at radius 3 is 2.46 bits per heavy atom. The van der Waals surface area contributed by atoms with Crippen LogP contribution in [0.2, 0.25) is 0 Å². The summed E-state index contributed by atoms with van der Waals surface area (Å²) in [4.78, 5) is 24.4. The van der Waals surface area contributed by atoms with Crippen molar-refractivity contribution in [1.29, 1.82) is 0 Å². The van der Waals surface area contributed by atoms with Gasteiger partial charge >= 0.3 is 5.97 Å². The summed E-state index contributed by atoms with van der Waals surface area (Å²) in [7, 11) is 0. The Labute approximate surface area is 148 Å². The molecule has 1 saturated carbocycles. The van der Waals surface area contributed by atoms with Crippen molar-refractivity contribution in [3.05, 3.63) is 29.8 Å². The topological polar surface area (TPSA) is 66.4 Å². The molecule has 132 valence electrons. The lowest BCUT2D eigenvalue weighted by Gasteiger charge is -2.43. The molecule has 0 bridgehead atoms. The lowest BCUT2D eigenvalue weighted by Crippen LogP contribution is -2.43. The molecule has 1 aliphatic carbocycles. The van der Waals surface area contributed by atoms with Gasteiger partial charge in [-0.2, -0.15) is 0 Å². The Morgan fingerprint density at radius 1 is 1.25 bits per heavy atom. The molecule has 1 aromatic rings. The van der Waals surface area contributed by atoms with Gasteiger partial charge in [0.1, 0.15) is 5.25 Å². The molecular formula is C19H27NO3S. The van der Waals surface area contributed by atoms with E-state index in [1.807, 2.05) is 18.2 Å². The Kier molecular flexibility index (Phi) is 6.33. The summed E-state index contributed by atoms with van der Waals surface area (Å²) in [6.07, 6.45) is 4.74. The second-order valence-electron chi connectivity index (χ2n) is 7.23. The third kappa shape index (κ3) is 4.76. The molecule has 2 rings (SSSR count). The van der Waals surface area contributed by atoms with Crippen molar-refractivity contribution in [1.82, 2.24) is 5.32 Å². The Balaban J connectivity index is 2.03. The third-order valence-electron chi connectivity index (χ3n) is 4.66. The minimum absolute atomic E-state index is 0.106. The average Bonchev–Trinajstić information content (AvgIpc) is 2.49. The van der Waals surface area contributed by atoms with E-state index in [1.165, 1.54) is 31.0 Å². The highest BCUT2D eigenvalue weighted by Gasteiger charge is 2.37. The van der Waals surface area contributed by atoms with E-state index in [-0.39, 0.29) is 11.3 Å². The summed E-state index contributed by atoms with van der Waals surface area (Å²) in [6.45, 7) is 6.79. The molecule has 1 fully saturated rings. The van der Waals surface area contributed by atoms with Gasteiger partial charge in [-0.25, -0.2) is 0 Å². The van der Waals surface area contributed by atoms with E-state index in [4.69, 9.17) is 5.11 Å². The molecule has 1 aliphatic rings. The van der Waals surface area contributed by atoms with Crippen LogP contribution in [0.5, 0.6) is 0 Å². The number of nitrogens with one attached hydrogen (secondary N) is 1. The van der Waals surface area contributed by atoms with Crippen LogP contribution in [0.15, 0.2) is 29.2 Å². The monoisotopic (exact) mass is 349 g/mol.